The second-order valence-corrected chi connectivity index (χ2v) is 8.02. The lowest BCUT2D eigenvalue weighted by molar-refractivity contribution is -0.147. The Balaban J connectivity index is 5.59. The number of carbonyl (C=O) groups excluding carboxylic acids is 4. The van der Waals surface area contributed by atoms with Crippen molar-refractivity contribution >= 4 is 35.6 Å². The molecule has 5 unspecified atom stereocenters. The summed E-state index contributed by atoms with van der Waals surface area (Å²) < 4.78 is 0. The van der Waals surface area contributed by atoms with Crippen LogP contribution in [0, 0.1) is 5.92 Å². The summed E-state index contributed by atoms with van der Waals surface area (Å²) in [7, 11) is 0. The Morgan fingerprint density at radius 1 is 0.818 bits per heavy atom. The molecule has 0 heterocycles. The zero-order chi connectivity index (χ0) is 25.9. The molecule has 0 spiro atoms. The van der Waals surface area contributed by atoms with Gasteiger partial charge in [0.1, 0.15) is 24.2 Å². The van der Waals surface area contributed by atoms with Crippen molar-refractivity contribution in [2.24, 2.45) is 17.4 Å². The van der Waals surface area contributed by atoms with Crippen LogP contribution in [0.1, 0.15) is 46.5 Å². The monoisotopic (exact) mass is 475 g/mol. The fraction of sp³-hybridized carbons (Fsp3) is 0.684. The third kappa shape index (κ3) is 11.8. The summed E-state index contributed by atoms with van der Waals surface area (Å²) in [6, 6.07) is -5.70. The summed E-state index contributed by atoms with van der Waals surface area (Å²) in [5.41, 5.74) is 10.7. The van der Waals surface area contributed by atoms with Gasteiger partial charge in [0.15, 0.2) is 0 Å². The van der Waals surface area contributed by atoms with Gasteiger partial charge in [-0.1, -0.05) is 13.8 Å². The number of aliphatic carboxylic acids is 2. The highest BCUT2D eigenvalue weighted by atomic mass is 16.4. The van der Waals surface area contributed by atoms with E-state index >= 15 is 0 Å². The van der Waals surface area contributed by atoms with Crippen LogP contribution in [0.2, 0.25) is 0 Å². The highest BCUT2D eigenvalue weighted by Gasteiger charge is 2.32. The third-order valence-electron chi connectivity index (χ3n) is 4.47. The van der Waals surface area contributed by atoms with Gasteiger partial charge >= 0.3 is 11.9 Å². The molecule has 0 aromatic carbocycles. The van der Waals surface area contributed by atoms with Gasteiger partial charge in [-0.3, -0.25) is 24.0 Å². The number of primary amides is 1. The lowest BCUT2D eigenvalue weighted by Crippen LogP contribution is -2.58. The average molecular weight is 475 g/mol. The fourth-order valence-corrected chi connectivity index (χ4v) is 2.66. The Hall–Kier alpha value is -3.26. The van der Waals surface area contributed by atoms with Crippen LogP contribution in [-0.4, -0.2) is 81.2 Å². The van der Waals surface area contributed by atoms with Gasteiger partial charge in [0, 0.05) is 6.42 Å². The van der Waals surface area contributed by atoms with E-state index in [0.717, 1.165) is 0 Å². The molecule has 5 atom stereocenters. The molecule has 0 bridgehead atoms. The number of hydrogen-bond donors (Lipinski definition) is 8. The minimum atomic E-state index is -1.73. The van der Waals surface area contributed by atoms with Gasteiger partial charge in [0.2, 0.25) is 23.6 Å². The van der Waals surface area contributed by atoms with Crippen molar-refractivity contribution in [1.82, 2.24) is 16.0 Å². The Morgan fingerprint density at radius 3 is 1.73 bits per heavy atom. The highest BCUT2D eigenvalue weighted by molar-refractivity contribution is 5.95. The van der Waals surface area contributed by atoms with Gasteiger partial charge in [0.05, 0.1) is 12.5 Å². The number of amides is 4. The average Bonchev–Trinajstić information content (AvgIpc) is 2.67. The van der Waals surface area contributed by atoms with E-state index < -0.39 is 72.3 Å². The van der Waals surface area contributed by atoms with Gasteiger partial charge in [-0.15, -0.1) is 0 Å². The minimum absolute atomic E-state index is 0.0562. The van der Waals surface area contributed by atoms with Crippen LogP contribution in [0.15, 0.2) is 0 Å². The predicted octanol–water partition coefficient (Wildman–Crippen LogP) is -2.98. The van der Waals surface area contributed by atoms with Crippen molar-refractivity contribution in [3.05, 3.63) is 0 Å². The van der Waals surface area contributed by atoms with E-state index in [1.165, 1.54) is 6.92 Å². The lowest BCUT2D eigenvalue weighted by atomic mass is 10.0. The fourth-order valence-electron chi connectivity index (χ4n) is 2.66. The van der Waals surface area contributed by atoms with Crippen LogP contribution in [0.5, 0.6) is 0 Å². The molecule has 0 radical (unpaired) electrons. The number of nitrogens with one attached hydrogen (secondary N) is 3. The molecule has 33 heavy (non-hydrogen) atoms. The summed E-state index contributed by atoms with van der Waals surface area (Å²) in [5.74, 6) is -6.62. The molecule has 0 aromatic heterocycles. The molecule has 0 aliphatic carbocycles. The topological polar surface area (TPSA) is 251 Å². The molecule has 0 saturated carbocycles. The summed E-state index contributed by atoms with van der Waals surface area (Å²) in [4.78, 5) is 70.8. The van der Waals surface area contributed by atoms with E-state index in [1.54, 1.807) is 13.8 Å². The van der Waals surface area contributed by atoms with Crippen LogP contribution in [0.25, 0.3) is 0 Å². The van der Waals surface area contributed by atoms with Gasteiger partial charge in [-0.25, -0.2) is 4.79 Å². The van der Waals surface area contributed by atoms with Crippen molar-refractivity contribution in [2.75, 3.05) is 0 Å². The van der Waals surface area contributed by atoms with E-state index in [9.17, 15) is 33.9 Å². The van der Waals surface area contributed by atoms with E-state index in [2.05, 4.69) is 16.0 Å². The van der Waals surface area contributed by atoms with Crippen LogP contribution in [0.4, 0.5) is 0 Å². The molecule has 4 amide bonds. The first kappa shape index (κ1) is 29.7. The number of aliphatic hydroxyl groups is 1. The molecule has 0 aromatic rings. The maximum atomic E-state index is 12.8. The third-order valence-corrected chi connectivity index (χ3v) is 4.47. The number of rotatable bonds is 15. The van der Waals surface area contributed by atoms with Gasteiger partial charge in [0.25, 0.3) is 0 Å². The van der Waals surface area contributed by atoms with E-state index in [0.29, 0.717) is 0 Å². The second-order valence-electron chi connectivity index (χ2n) is 8.02. The molecule has 0 rings (SSSR count). The maximum Gasteiger partial charge on any atom is 0.326 e. The Kier molecular flexibility index (Phi) is 12.6. The number of carbonyl (C=O) groups is 6. The van der Waals surface area contributed by atoms with Crippen LogP contribution >= 0.6 is 0 Å². The minimum Gasteiger partial charge on any atom is -0.481 e. The summed E-state index contributed by atoms with van der Waals surface area (Å²) in [5, 5.41) is 34.2. The van der Waals surface area contributed by atoms with Gasteiger partial charge < -0.3 is 42.7 Å². The van der Waals surface area contributed by atoms with E-state index in [1.807, 2.05) is 0 Å². The highest BCUT2D eigenvalue weighted by Crippen LogP contribution is 2.08. The van der Waals surface area contributed by atoms with Crippen molar-refractivity contribution in [3.63, 3.8) is 0 Å². The van der Waals surface area contributed by atoms with Crippen molar-refractivity contribution < 1.29 is 44.1 Å². The van der Waals surface area contributed by atoms with E-state index in [-0.39, 0.29) is 25.2 Å². The Labute approximate surface area is 190 Å². The molecule has 0 saturated heterocycles. The number of hydrogen-bond acceptors (Lipinski definition) is 8. The number of aliphatic hydroxyl groups excluding tert-OH is 1. The SMILES string of the molecule is CC(C)CC(NC(=O)C(CCC(N)=O)NC(=O)C(N)C(C)O)C(=O)NC(CC(=O)O)C(=O)O. The molecule has 14 heteroatoms. The molecule has 0 fully saturated rings. The first-order valence-corrected chi connectivity index (χ1v) is 10.2. The Morgan fingerprint density at radius 2 is 1.30 bits per heavy atom. The molecular formula is C19H33N5O9. The van der Waals surface area contributed by atoms with Crippen LogP contribution in [0.3, 0.4) is 0 Å². The zero-order valence-corrected chi connectivity index (χ0v) is 18.7. The van der Waals surface area contributed by atoms with Crippen LogP contribution < -0.4 is 27.4 Å². The lowest BCUT2D eigenvalue weighted by Gasteiger charge is -2.26. The first-order chi connectivity index (χ1) is 15.1. The molecule has 10 N–H and O–H groups in total. The molecule has 0 aliphatic rings. The standard InChI is InChI=1S/C19H33N5O9/c1-8(2)6-11(17(30)24-12(19(32)33)7-14(27)28)23-16(29)10(4-5-13(20)26)22-18(31)15(21)9(3)25/h8-12,15,25H,4-7,21H2,1-3H3,(H2,20,26)(H,22,31)(H,23,29)(H,24,30)(H,27,28)(H,32,33). The summed E-state index contributed by atoms with van der Waals surface area (Å²) >= 11 is 0. The van der Waals surface area contributed by atoms with Crippen molar-refractivity contribution in [1.29, 1.82) is 0 Å². The summed E-state index contributed by atoms with van der Waals surface area (Å²) in [6.07, 6.45) is -2.57. The quantitative estimate of drug-likeness (QED) is 0.119. The second kappa shape index (κ2) is 14.0. The molecule has 14 nitrogen and oxygen atoms in total. The zero-order valence-electron chi connectivity index (χ0n) is 18.7. The van der Waals surface area contributed by atoms with Gasteiger partial charge in [-0.05, 0) is 25.7 Å². The smallest absolute Gasteiger partial charge is 0.326 e. The summed E-state index contributed by atoms with van der Waals surface area (Å²) in [6.45, 7) is 4.72. The van der Waals surface area contributed by atoms with Gasteiger partial charge in [-0.2, -0.15) is 0 Å². The number of nitrogens with two attached hydrogens (primary N) is 2. The maximum absolute atomic E-state index is 12.8. The number of carboxylic acid groups (broad SMARTS) is 2. The molecular weight excluding hydrogens is 442 g/mol. The molecule has 0 aliphatic heterocycles. The normalized spacial score (nSPS) is 15.5. The van der Waals surface area contributed by atoms with Crippen LogP contribution in [-0.2, 0) is 28.8 Å². The first-order valence-electron chi connectivity index (χ1n) is 10.2. The van der Waals surface area contributed by atoms with E-state index in [4.69, 9.17) is 21.7 Å². The van der Waals surface area contributed by atoms with Crippen molar-refractivity contribution in [3.8, 4) is 0 Å². The Bertz CT molecular complexity index is 741. The van der Waals surface area contributed by atoms with Crippen molar-refractivity contribution in [2.45, 2.75) is 76.7 Å². The largest absolute Gasteiger partial charge is 0.481 e. The molecule has 188 valence electrons. The number of carboxylic acids is 2. The predicted molar refractivity (Wildman–Crippen MR) is 113 cm³/mol.